The van der Waals surface area contributed by atoms with E-state index in [0.29, 0.717) is 6.42 Å². The van der Waals surface area contributed by atoms with Crippen LogP contribution in [0.25, 0.3) is 0 Å². The molecule has 8 atom stereocenters. The van der Waals surface area contributed by atoms with E-state index in [2.05, 4.69) is 13.8 Å². The fourth-order valence-corrected chi connectivity index (χ4v) is 8.46. The van der Waals surface area contributed by atoms with Crippen LogP contribution < -0.4 is 0 Å². The van der Waals surface area contributed by atoms with Crippen LogP contribution in [0.4, 0.5) is 8.78 Å². The monoisotopic (exact) mass is 416 g/mol. The van der Waals surface area contributed by atoms with Crippen molar-refractivity contribution in [2.75, 3.05) is 7.11 Å². The molecule has 0 aromatic carbocycles. The van der Waals surface area contributed by atoms with Crippen molar-refractivity contribution in [2.45, 2.75) is 89.4 Å². The molecule has 0 aliphatic heterocycles. The Hall–Kier alpha value is -0.380. The Balaban J connectivity index is 1.61. The van der Waals surface area contributed by atoms with E-state index >= 15 is 8.78 Å². The van der Waals surface area contributed by atoms with Gasteiger partial charge in [0.2, 0.25) is 0 Å². The quantitative estimate of drug-likeness (QED) is 0.390. The standard InChI is InChI=1S/C23H35ClF2O2/c1-21-10-5-4-6-15(21)13-23(25,26)19-16-8-7-14(12-18(24)20(27)28-3)22(16,2)11-9-17(19)21/h14-19H,4-13H2,1-3H3. The molecule has 0 N–H and O–H groups in total. The van der Waals surface area contributed by atoms with Crippen molar-refractivity contribution in [3.63, 3.8) is 0 Å². The van der Waals surface area contributed by atoms with Gasteiger partial charge in [-0.2, -0.15) is 0 Å². The molecule has 4 aliphatic rings. The third-order valence-electron chi connectivity index (χ3n) is 9.72. The molecule has 4 aliphatic carbocycles. The van der Waals surface area contributed by atoms with Crippen molar-refractivity contribution in [1.82, 2.24) is 0 Å². The lowest BCUT2D eigenvalue weighted by Crippen LogP contribution is -2.60. The van der Waals surface area contributed by atoms with Crippen molar-refractivity contribution < 1.29 is 18.3 Å². The van der Waals surface area contributed by atoms with Crippen LogP contribution in [0.5, 0.6) is 0 Å². The second-order valence-electron chi connectivity index (χ2n) is 10.7. The van der Waals surface area contributed by atoms with E-state index in [-0.39, 0.29) is 40.9 Å². The summed E-state index contributed by atoms with van der Waals surface area (Å²) >= 11 is 6.29. The highest BCUT2D eigenvalue weighted by Crippen LogP contribution is 2.70. The maximum atomic E-state index is 15.6. The van der Waals surface area contributed by atoms with Crippen LogP contribution in [0.1, 0.15) is 78.1 Å². The molecule has 0 bridgehead atoms. The number of fused-ring (bicyclic) bond motifs is 5. The lowest BCUT2D eigenvalue weighted by molar-refractivity contribution is -0.231. The fraction of sp³-hybridized carbons (Fsp3) is 0.957. The molecule has 0 radical (unpaired) electrons. The van der Waals surface area contributed by atoms with E-state index in [4.69, 9.17) is 16.3 Å². The van der Waals surface area contributed by atoms with Gasteiger partial charge >= 0.3 is 5.97 Å². The number of alkyl halides is 3. The average Bonchev–Trinajstić information content (AvgIpc) is 2.97. The molecule has 160 valence electrons. The smallest absolute Gasteiger partial charge is 0.323 e. The Morgan fingerprint density at radius 2 is 1.79 bits per heavy atom. The number of carbonyl (C=O) groups is 1. The summed E-state index contributed by atoms with van der Waals surface area (Å²) in [6.07, 6.45) is 8.69. The zero-order valence-corrected chi connectivity index (χ0v) is 18.2. The van der Waals surface area contributed by atoms with Crippen LogP contribution in [-0.4, -0.2) is 24.4 Å². The summed E-state index contributed by atoms with van der Waals surface area (Å²) in [4.78, 5) is 11.8. The second-order valence-corrected chi connectivity index (χ2v) is 11.2. The van der Waals surface area contributed by atoms with Crippen molar-refractivity contribution in [2.24, 2.45) is 40.4 Å². The number of halogens is 3. The molecule has 4 saturated carbocycles. The first-order valence-electron chi connectivity index (χ1n) is 11.2. The van der Waals surface area contributed by atoms with Crippen LogP contribution in [0.2, 0.25) is 0 Å². The first-order chi connectivity index (χ1) is 13.1. The molecular formula is C23H35ClF2O2. The maximum Gasteiger partial charge on any atom is 0.323 e. The van der Waals surface area contributed by atoms with Gasteiger partial charge in [-0.3, -0.25) is 4.79 Å². The number of ether oxygens (including phenoxy) is 1. The van der Waals surface area contributed by atoms with Crippen LogP contribution in [0.3, 0.4) is 0 Å². The molecule has 28 heavy (non-hydrogen) atoms. The predicted octanol–water partition coefficient (Wildman–Crippen LogP) is 6.45. The first-order valence-corrected chi connectivity index (χ1v) is 11.7. The highest BCUT2D eigenvalue weighted by molar-refractivity contribution is 6.29. The maximum absolute atomic E-state index is 15.6. The van der Waals surface area contributed by atoms with E-state index in [1.54, 1.807) is 0 Å². The highest BCUT2D eigenvalue weighted by Gasteiger charge is 2.67. The molecule has 5 heteroatoms. The van der Waals surface area contributed by atoms with Gasteiger partial charge in [-0.05, 0) is 79.4 Å². The number of carbonyl (C=O) groups excluding carboxylic acids is 1. The summed E-state index contributed by atoms with van der Waals surface area (Å²) in [6.45, 7) is 4.53. The summed E-state index contributed by atoms with van der Waals surface area (Å²) in [5, 5.41) is -0.671. The summed E-state index contributed by atoms with van der Waals surface area (Å²) in [6, 6.07) is 0. The van der Waals surface area contributed by atoms with Gasteiger partial charge in [-0.25, -0.2) is 8.78 Å². The van der Waals surface area contributed by atoms with E-state index in [1.807, 2.05) is 0 Å². The fourth-order valence-electron chi connectivity index (χ4n) is 8.16. The summed E-state index contributed by atoms with van der Waals surface area (Å²) in [7, 11) is 1.35. The van der Waals surface area contributed by atoms with Crippen LogP contribution in [0, 0.1) is 40.4 Å². The topological polar surface area (TPSA) is 26.3 Å². The Bertz CT molecular complexity index is 626. The largest absolute Gasteiger partial charge is 0.468 e. The number of rotatable bonds is 3. The highest BCUT2D eigenvalue weighted by atomic mass is 35.5. The lowest BCUT2D eigenvalue weighted by Gasteiger charge is -2.62. The van der Waals surface area contributed by atoms with Gasteiger partial charge in [0.15, 0.2) is 0 Å². The van der Waals surface area contributed by atoms with Gasteiger partial charge < -0.3 is 4.74 Å². The van der Waals surface area contributed by atoms with E-state index in [1.165, 1.54) is 13.5 Å². The zero-order valence-electron chi connectivity index (χ0n) is 17.5. The molecule has 0 heterocycles. The van der Waals surface area contributed by atoms with E-state index in [0.717, 1.165) is 44.9 Å². The van der Waals surface area contributed by atoms with Gasteiger partial charge in [-0.15, -0.1) is 11.6 Å². The molecule has 8 unspecified atom stereocenters. The molecule has 0 spiro atoms. The van der Waals surface area contributed by atoms with E-state index in [9.17, 15) is 4.79 Å². The van der Waals surface area contributed by atoms with Crippen molar-refractivity contribution in [3.8, 4) is 0 Å². The van der Waals surface area contributed by atoms with Gasteiger partial charge in [0.25, 0.3) is 5.92 Å². The average molecular weight is 417 g/mol. The Labute approximate surface area is 173 Å². The molecule has 2 nitrogen and oxygen atoms in total. The predicted molar refractivity (Wildman–Crippen MR) is 106 cm³/mol. The minimum Gasteiger partial charge on any atom is -0.468 e. The molecular weight excluding hydrogens is 382 g/mol. The number of hydrogen-bond donors (Lipinski definition) is 0. The minimum absolute atomic E-state index is 0.0486. The van der Waals surface area contributed by atoms with Crippen LogP contribution >= 0.6 is 11.6 Å². The summed E-state index contributed by atoms with van der Waals surface area (Å²) in [5.41, 5.74) is -0.0470. The van der Waals surface area contributed by atoms with Gasteiger partial charge in [0.05, 0.1) is 7.11 Å². The second kappa shape index (κ2) is 7.10. The van der Waals surface area contributed by atoms with Gasteiger partial charge in [0.1, 0.15) is 5.38 Å². The first kappa shape index (κ1) is 20.9. The molecule has 0 saturated heterocycles. The Morgan fingerprint density at radius 1 is 1.07 bits per heavy atom. The summed E-state index contributed by atoms with van der Waals surface area (Å²) < 4.78 is 35.9. The minimum atomic E-state index is -2.56. The lowest BCUT2D eigenvalue weighted by atomic mass is 9.44. The van der Waals surface area contributed by atoms with Crippen molar-refractivity contribution in [1.29, 1.82) is 0 Å². The van der Waals surface area contributed by atoms with Crippen LogP contribution in [-0.2, 0) is 9.53 Å². The number of methoxy groups -OCH3 is 1. The normalized spacial score (nSPS) is 48.1. The molecule has 0 amide bonds. The van der Waals surface area contributed by atoms with Crippen molar-refractivity contribution >= 4 is 17.6 Å². The van der Waals surface area contributed by atoms with Crippen molar-refractivity contribution in [3.05, 3.63) is 0 Å². The number of esters is 1. The molecule has 4 fully saturated rings. The Kier molecular flexibility index (Phi) is 5.29. The summed E-state index contributed by atoms with van der Waals surface area (Å²) in [5.74, 6) is -2.85. The third-order valence-corrected chi connectivity index (χ3v) is 10.1. The van der Waals surface area contributed by atoms with Gasteiger partial charge in [-0.1, -0.05) is 26.7 Å². The van der Waals surface area contributed by atoms with Crippen LogP contribution in [0.15, 0.2) is 0 Å². The van der Waals surface area contributed by atoms with E-state index < -0.39 is 23.2 Å². The third kappa shape index (κ3) is 3.03. The Morgan fingerprint density at radius 3 is 2.50 bits per heavy atom. The molecule has 0 aromatic rings. The number of hydrogen-bond acceptors (Lipinski definition) is 2. The van der Waals surface area contributed by atoms with Gasteiger partial charge in [0, 0.05) is 12.3 Å². The zero-order chi connectivity index (χ0) is 20.3. The SMILES string of the molecule is COC(=O)C(Cl)CC1CCC2C3C(CCC12C)C1(C)CCCCC1CC3(F)F. The molecule has 0 aromatic heterocycles. The molecule has 4 rings (SSSR count).